The van der Waals surface area contributed by atoms with Gasteiger partial charge in [-0.3, -0.25) is 4.79 Å². The molecule has 2 unspecified atom stereocenters. The van der Waals surface area contributed by atoms with E-state index in [0.29, 0.717) is 18.5 Å². The number of amides is 1. The molecule has 0 aromatic carbocycles. The van der Waals surface area contributed by atoms with Gasteiger partial charge >= 0.3 is 0 Å². The van der Waals surface area contributed by atoms with Crippen LogP contribution in [-0.4, -0.2) is 23.5 Å². The molecule has 2 atom stereocenters. The molecule has 1 aliphatic rings. The third kappa shape index (κ3) is 3.10. The second-order valence-electron chi connectivity index (χ2n) is 5.04. The maximum absolute atomic E-state index is 12.0. The molecule has 1 aromatic rings. The number of rotatable bonds is 3. The zero-order valence-corrected chi connectivity index (χ0v) is 11.2. The average Bonchev–Trinajstić information content (AvgIpc) is 2.66. The van der Waals surface area contributed by atoms with E-state index in [1.807, 2.05) is 13.8 Å². The van der Waals surface area contributed by atoms with Crippen LogP contribution in [0.15, 0.2) is 4.42 Å². The molecule has 18 heavy (non-hydrogen) atoms. The molecule has 1 fully saturated rings. The van der Waals surface area contributed by atoms with Crippen molar-refractivity contribution in [3.05, 3.63) is 17.3 Å². The molecule has 0 spiro atoms. The van der Waals surface area contributed by atoms with Gasteiger partial charge < -0.3 is 15.1 Å². The second kappa shape index (κ2) is 5.52. The summed E-state index contributed by atoms with van der Waals surface area (Å²) in [6.07, 6.45) is 1.80. The van der Waals surface area contributed by atoms with E-state index in [4.69, 9.17) is 4.42 Å². The molecule has 0 radical (unpaired) electrons. The lowest BCUT2D eigenvalue weighted by Gasteiger charge is -2.26. The van der Waals surface area contributed by atoms with Gasteiger partial charge in [0.1, 0.15) is 5.76 Å². The van der Waals surface area contributed by atoms with Crippen LogP contribution in [0.4, 0.5) is 0 Å². The maximum Gasteiger partial charge on any atom is 0.223 e. The summed E-state index contributed by atoms with van der Waals surface area (Å²) in [5.41, 5.74) is 0.884. The molecule has 2 N–H and O–H groups in total. The van der Waals surface area contributed by atoms with Gasteiger partial charge in [-0.2, -0.15) is 0 Å². The third-order valence-electron chi connectivity index (χ3n) is 3.48. The largest absolute Gasteiger partial charge is 0.444 e. The van der Waals surface area contributed by atoms with E-state index >= 15 is 0 Å². The van der Waals surface area contributed by atoms with Crippen molar-refractivity contribution < 1.29 is 9.21 Å². The molecule has 0 saturated carbocycles. The minimum Gasteiger partial charge on any atom is -0.444 e. The molecular formula is C13H21N3O2. The second-order valence-corrected chi connectivity index (χ2v) is 5.04. The van der Waals surface area contributed by atoms with Crippen LogP contribution in [-0.2, 0) is 11.3 Å². The molecule has 2 rings (SSSR count). The van der Waals surface area contributed by atoms with E-state index < -0.39 is 0 Å². The van der Waals surface area contributed by atoms with E-state index in [1.165, 1.54) is 0 Å². The molecule has 1 aromatic heterocycles. The minimum atomic E-state index is 0.108. The SMILES string of the molecule is Cc1nc(CNC(=O)C2CCNC(C)C2)oc1C. The molecule has 2 heterocycles. The van der Waals surface area contributed by atoms with Gasteiger partial charge in [-0.05, 0) is 40.2 Å². The van der Waals surface area contributed by atoms with Crippen molar-refractivity contribution in [2.24, 2.45) is 5.92 Å². The first-order valence-electron chi connectivity index (χ1n) is 6.50. The van der Waals surface area contributed by atoms with Gasteiger partial charge in [0.2, 0.25) is 11.8 Å². The Morgan fingerprint density at radius 3 is 2.94 bits per heavy atom. The van der Waals surface area contributed by atoms with Crippen molar-refractivity contribution in [2.45, 2.75) is 46.2 Å². The lowest BCUT2D eigenvalue weighted by Crippen LogP contribution is -2.42. The Labute approximate surface area is 107 Å². The van der Waals surface area contributed by atoms with Crippen LogP contribution < -0.4 is 10.6 Å². The summed E-state index contributed by atoms with van der Waals surface area (Å²) in [7, 11) is 0. The average molecular weight is 251 g/mol. The number of carbonyl (C=O) groups is 1. The molecule has 1 amide bonds. The third-order valence-corrected chi connectivity index (χ3v) is 3.48. The fourth-order valence-electron chi connectivity index (χ4n) is 2.29. The molecule has 5 nitrogen and oxygen atoms in total. The fraction of sp³-hybridized carbons (Fsp3) is 0.692. The smallest absolute Gasteiger partial charge is 0.223 e. The van der Waals surface area contributed by atoms with Gasteiger partial charge in [0, 0.05) is 12.0 Å². The summed E-state index contributed by atoms with van der Waals surface area (Å²) in [4.78, 5) is 16.2. The van der Waals surface area contributed by atoms with Crippen LogP contribution in [0.25, 0.3) is 0 Å². The van der Waals surface area contributed by atoms with Gasteiger partial charge in [0.05, 0.1) is 12.2 Å². The molecule has 1 saturated heterocycles. The van der Waals surface area contributed by atoms with Gasteiger partial charge in [0.15, 0.2) is 0 Å². The number of aromatic nitrogens is 1. The number of nitrogens with zero attached hydrogens (tertiary/aromatic N) is 1. The van der Waals surface area contributed by atoms with Crippen molar-refractivity contribution >= 4 is 5.91 Å². The van der Waals surface area contributed by atoms with Crippen molar-refractivity contribution in [1.29, 1.82) is 0 Å². The summed E-state index contributed by atoms with van der Waals surface area (Å²) >= 11 is 0. The highest BCUT2D eigenvalue weighted by Gasteiger charge is 2.24. The number of oxazole rings is 1. The van der Waals surface area contributed by atoms with E-state index in [9.17, 15) is 4.79 Å². The van der Waals surface area contributed by atoms with Crippen LogP contribution in [0.2, 0.25) is 0 Å². The van der Waals surface area contributed by atoms with E-state index in [-0.39, 0.29) is 11.8 Å². The van der Waals surface area contributed by atoms with Crippen LogP contribution in [0.1, 0.15) is 37.1 Å². The number of aryl methyl sites for hydroxylation is 2. The Morgan fingerprint density at radius 2 is 2.33 bits per heavy atom. The normalized spacial score (nSPS) is 23.9. The molecule has 0 aliphatic carbocycles. The van der Waals surface area contributed by atoms with Crippen LogP contribution in [0.5, 0.6) is 0 Å². The standard InChI is InChI=1S/C13H21N3O2/c1-8-6-11(4-5-14-8)13(17)15-7-12-16-9(2)10(3)18-12/h8,11,14H,4-7H2,1-3H3,(H,15,17). The van der Waals surface area contributed by atoms with Crippen molar-refractivity contribution in [3.8, 4) is 0 Å². The Bertz CT molecular complexity index is 408. The Hall–Kier alpha value is -1.36. The highest BCUT2D eigenvalue weighted by atomic mass is 16.4. The molecular weight excluding hydrogens is 230 g/mol. The zero-order valence-electron chi connectivity index (χ0n) is 11.2. The zero-order chi connectivity index (χ0) is 13.1. The summed E-state index contributed by atoms with van der Waals surface area (Å²) < 4.78 is 5.43. The monoisotopic (exact) mass is 251 g/mol. The number of hydrogen-bond acceptors (Lipinski definition) is 4. The molecule has 1 aliphatic heterocycles. The van der Waals surface area contributed by atoms with E-state index in [2.05, 4.69) is 22.5 Å². The number of nitrogens with one attached hydrogen (secondary N) is 2. The molecule has 5 heteroatoms. The summed E-state index contributed by atoms with van der Waals surface area (Å²) in [5, 5.41) is 6.25. The lowest BCUT2D eigenvalue weighted by atomic mass is 9.92. The highest BCUT2D eigenvalue weighted by molar-refractivity contribution is 5.78. The quantitative estimate of drug-likeness (QED) is 0.849. The maximum atomic E-state index is 12.0. The van der Waals surface area contributed by atoms with Crippen LogP contribution in [0, 0.1) is 19.8 Å². The first-order valence-corrected chi connectivity index (χ1v) is 6.50. The van der Waals surface area contributed by atoms with Crippen molar-refractivity contribution in [3.63, 3.8) is 0 Å². The number of hydrogen-bond donors (Lipinski definition) is 2. The topological polar surface area (TPSA) is 67.2 Å². The molecule has 100 valence electrons. The highest BCUT2D eigenvalue weighted by Crippen LogP contribution is 2.16. The summed E-state index contributed by atoms with van der Waals surface area (Å²) in [6.45, 7) is 7.18. The first kappa shape index (κ1) is 13.1. The van der Waals surface area contributed by atoms with Gasteiger partial charge in [-0.25, -0.2) is 4.98 Å². The van der Waals surface area contributed by atoms with Crippen LogP contribution in [0.3, 0.4) is 0 Å². The van der Waals surface area contributed by atoms with Crippen molar-refractivity contribution in [2.75, 3.05) is 6.54 Å². The Kier molecular flexibility index (Phi) is 4.01. The predicted molar refractivity (Wildman–Crippen MR) is 68.0 cm³/mol. The fourth-order valence-corrected chi connectivity index (χ4v) is 2.29. The Morgan fingerprint density at radius 1 is 1.56 bits per heavy atom. The summed E-state index contributed by atoms with van der Waals surface area (Å²) in [5.74, 6) is 1.62. The minimum absolute atomic E-state index is 0.108. The van der Waals surface area contributed by atoms with Gasteiger partial charge in [-0.1, -0.05) is 0 Å². The lowest BCUT2D eigenvalue weighted by molar-refractivity contribution is -0.126. The number of carbonyl (C=O) groups excluding carboxylic acids is 1. The van der Waals surface area contributed by atoms with Crippen molar-refractivity contribution in [1.82, 2.24) is 15.6 Å². The molecule has 0 bridgehead atoms. The predicted octanol–water partition coefficient (Wildman–Crippen LogP) is 1.30. The van der Waals surface area contributed by atoms with Crippen LogP contribution >= 0.6 is 0 Å². The van der Waals surface area contributed by atoms with E-state index in [0.717, 1.165) is 30.8 Å². The van der Waals surface area contributed by atoms with Gasteiger partial charge in [-0.15, -0.1) is 0 Å². The summed E-state index contributed by atoms with van der Waals surface area (Å²) in [6, 6.07) is 0.417. The Balaban J connectivity index is 1.84. The first-order chi connectivity index (χ1) is 8.56. The van der Waals surface area contributed by atoms with Gasteiger partial charge in [0.25, 0.3) is 0 Å². The van der Waals surface area contributed by atoms with E-state index in [1.54, 1.807) is 0 Å². The number of piperidine rings is 1.